The first-order valence-electron chi connectivity index (χ1n) is 6.41. The Kier molecular flexibility index (Phi) is 3.13. The van der Waals surface area contributed by atoms with Gasteiger partial charge in [-0.2, -0.15) is 0 Å². The Morgan fingerprint density at radius 2 is 2.16 bits per heavy atom. The van der Waals surface area contributed by atoms with Crippen molar-refractivity contribution >= 4 is 17.0 Å². The first kappa shape index (κ1) is 12.0. The van der Waals surface area contributed by atoms with Crippen LogP contribution in [0.25, 0.3) is 11.0 Å². The van der Waals surface area contributed by atoms with Gasteiger partial charge < -0.3 is 5.11 Å². The van der Waals surface area contributed by atoms with Crippen LogP contribution >= 0.6 is 0 Å². The molecule has 3 rings (SSSR count). The number of likely N-dealkylation sites (tertiary alicyclic amines) is 1. The largest absolute Gasteiger partial charge is 0.480 e. The minimum absolute atomic E-state index is 0.381. The summed E-state index contributed by atoms with van der Waals surface area (Å²) in [6.45, 7) is 1.36. The van der Waals surface area contributed by atoms with Gasteiger partial charge in [0.05, 0.1) is 22.9 Å². The summed E-state index contributed by atoms with van der Waals surface area (Å²) in [6, 6.07) is 7.31. The van der Waals surface area contributed by atoms with Gasteiger partial charge in [0, 0.05) is 6.54 Å². The van der Waals surface area contributed by atoms with Gasteiger partial charge in [0.25, 0.3) is 0 Å². The molecule has 0 spiro atoms. The van der Waals surface area contributed by atoms with E-state index in [0.717, 1.165) is 36.1 Å². The van der Waals surface area contributed by atoms with Gasteiger partial charge in [-0.1, -0.05) is 12.1 Å². The molecule has 0 amide bonds. The van der Waals surface area contributed by atoms with Gasteiger partial charge in [0.2, 0.25) is 0 Å². The minimum Gasteiger partial charge on any atom is -0.480 e. The second kappa shape index (κ2) is 4.93. The molecule has 2 aromatic rings. The van der Waals surface area contributed by atoms with E-state index in [1.54, 1.807) is 6.20 Å². The molecule has 0 saturated carbocycles. The monoisotopic (exact) mass is 257 g/mol. The summed E-state index contributed by atoms with van der Waals surface area (Å²) >= 11 is 0. The molecule has 1 N–H and O–H groups in total. The van der Waals surface area contributed by atoms with Crippen LogP contribution in [-0.4, -0.2) is 38.5 Å². The van der Waals surface area contributed by atoms with Crippen LogP contribution in [0.1, 0.15) is 18.5 Å². The number of rotatable bonds is 3. The highest BCUT2D eigenvalue weighted by molar-refractivity contribution is 5.74. The van der Waals surface area contributed by atoms with Crippen molar-refractivity contribution < 1.29 is 9.90 Å². The van der Waals surface area contributed by atoms with Crippen molar-refractivity contribution in [2.45, 2.75) is 25.4 Å². The van der Waals surface area contributed by atoms with E-state index in [1.165, 1.54) is 0 Å². The second-order valence-electron chi connectivity index (χ2n) is 4.82. The van der Waals surface area contributed by atoms with E-state index in [2.05, 4.69) is 9.97 Å². The Bertz CT molecular complexity index is 614. The van der Waals surface area contributed by atoms with E-state index in [-0.39, 0.29) is 6.04 Å². The van der Waals surface area contributed by atoms with Crippen molar-refractivity contribution in [3.05, 3.63) is 36.2 Å². The lowest BCUT2D eigenvalue weighted by molar-refractivity contribution is -0.142. The molecule has 1 aromatic carbocycles. The van der Waals surface area contributed by atoms with Gasteiger partial charge in [0.15, 0.2) is 0 Å². The van der Waals surface area contributed by atoms with Gasteiger partial charge in [-0.15, -0.1) is 0 Å². The Morgan fingerprint density at radius 3 is 2.95 bits per heavy atom. The molecule has 0 aliphatic carbocycles. The van der Waals surface area contributed by atoms with Crippen molar-refractivity contribution in [1.29, 1.82) is 0 Å². The first-order chi connectivity index (χ1) is 9.24. The Hall–Kier alpha value is -2.01. The van der Waals surface area contributed by atoms with Gasteiger partial charge in [-0.3, -0.25) is 14.7 Å². The molecular formula is C14H15N3O2. The van der Waals surface area contributed by atoms with Crippen molar-refractivity contribution in [3.8, 4) is 0 Å². The first-order valence-corrected chi connectivity index (χ1v) is 6.41. The van der Waals surface area contributed by atoms with E-state index in [0.29, 0.717) is 6.54 Å². The molecule has 5 heteroatoms. The van der Waals surface area contributed by atoms with Gasteiger partial charge in [-0.05, 0) is 31.5 Å². The molecule has 2 heterocycles. The maximum atomic E-state index is 11.1. The highest BCUT2D eigenvalue weighted by Crippen LogP contribution is 2.20. The molecule has 1 unspecified atom stereocenters. The van der Waals surface area contributed by atoms with Crippen molar-refractivity contribution in [1.82, 2.24) is 14.9 Å². The number of aromatic nitrogens is 2. The second-order valence-corrected chi connectivity index (χ2v) is 4.82. The van der Waals surface area contributed by atoms with Crippen LogP contribution in [0, 0.1) is 0 Å². The SMILES string of the molecule is O=C(O)C1CCCN1Cc1cnc2ccccc2n1. The number of para-hydroxylation sites is 2. The molecule has 1 aromatic heterocycles. The zero-order chi connectivity index (χ0) is 13.2. The summed E-state index contributed by atoms with van der Waals surface area (Å²) in [5, 5.41) is 9.16. The molecule has 0 bridgehead atoms. The summed E-state index contributed by atoms with van der Waals surface area (Å²) in [5.74, 6) is -0.744. The number of hydrogen-bond acceptors (Lipinski definition) is 4. The number of aliphatic carboxylic acids is 1. The van der Waals surface area contributed by atoms with E-state index >= 15 is 0 Å². The number of fused-ring (bicyclic) bond motifs is 1. The van der Waals surface area contributed by atoms with E-state index in [1.807, 2.05) is 29.2 Å². The number of carbonyl (C=O) groups is 1. The summed E-state index contributed by atoms with van der Waals surface area (Å²) < 4.78 is 0. The standard InChI is InChI=1S/C14H15N3O2/c18-14(19)13-6-3-7-17(13)9-10-8-15-11-4-1-2-5-12(11)16-10/h1-2,4-5,8,13H,3,6-7,9H2,(H,18,19). The third-order valence-electron chi connectivity index (χ3n) is 3.51. The quantitative estimate of drug-likeness (QED) is 0.906. The molecule has 1 fully saturated rings. The van der Waals surface area contributed by atoms with Crippen LogP contribution < -0.4 is 0 Å². The predicted molar refractivity (Wildman–Crippen MR) is 70.6 cm³/mol. The number of hydrogen-bond donors (Lipinski definition) is 1. The Morgan fingerprint density at radius 1 is 1.37 bits per heavy atom. The van der Waals surface area contributed by atoms with E-state index in [9.17, 15) is 4.79 Å². The normalized spacial score (nSPS) is 19.9. The fraction of sp³-hybridized carbons (Fsp3) is 0.357. The van der Waals surface area contributed by atoms with E-state index < -0.39 is 5.97 Å². The van der Waals surface area contributed by atoms with Crippen LogP contribution in [0.5, 0.6) is 0 Å². The number of nitrogens with zero attached hydrogens (tertiary/aromatic N) is 3. The zero-order valence-electron chi connectivity index (χ0n) is 10.5. The lowest BCUT2D eigenvalue weighted by atomic mass is 10.2. The molecule has 1 saturated heterocycles. The smallest absolute Gasteiger partial charge is 0.320 e. The van der Waals surface area contributed by atoms with Crippen molar-refractivity contribution in [3.63, 3.8) is 0 Å². The summed E-state index contributed by atoms with van der Waals surface area (Å²) in [5.41, 5.74) is 2.54. The lowest BCUT2D eigenvalue weighted by Crippen LogP contribution is -2.35. The van der Waals surface area contributed by atoms with Crippen LogP contribution in [0.15, 0.2) is 30.5 Å². The molecule has 1 atom stereocenters. The van der Waals surface area contributed by atoms with Crippen molar-refractivity contribution in [2.75, 3.05) is 6.54 Å². The van der Waals surface area contributed by atoms with Gasteiger partial charge in [0.1, 0.15) is 6.04 Å². The summed E-state index contributed by atoms with van der Waals surface area (Å²) in [6.07, 6.45) is 3.38. The number of carboxylic acid groups (broad SMARTS) is 1. The summed E-state index contributed by atoms with van der Waals surface area (Å²) in [4.78, 5) is 22.0. The van der Waals surface area contributed by atoms with Gasteiger partial charge >= 0.3 is 5.97 Å². The van der Waals surface area contributed by atoms with Crippen LogP contribution in [-0.2, 0) is 11.3 Å². The molecule has 1 aliphatic rings. The lowest BCUT2D eigenvalue weighted by Gasteiger charge is -2.20. The van der Waals surface area contributed by atoms with Gasteiger partial charge in [-0.25, -0.2) is 4.98 Å². The number of carboxylic acids is 1. The topological polar surface area (TPSA) is 66.3 Å². The molecule has 98 valence electrons. The highest BCUT2D eigenvalue weighted by atomic mass is 16.4. The fourth-order valence-electron chi connectivity index (χ4n) is 2.57. The average Bonchev–Trinajstić information content (AvgIpc) is 2.87. The maximum Gasteiger partial charge on any atom is 0.320 e. The Balaban J connectivity index is 1.83. The highest BCUT2D eigenvalue weighted by Gasteiger charge is 2.30. The minimum atomic E-state index is -0.744. The van der Waals surface area contributed by atoms with Crippen LogP contribution in [0.3, 0.4) is 0 Å². The third kappa shape index (κ3) is 2.42. The van der Waals surface area contributed by atoms with Crippen LogP contribution in [0.4, 0.5) is 0 Å². The fourth-order valence-corrected chi connectivity index (χ4v) is 2.57. The molecule has 1 aliphatic heterocycles. The average molecular weight is 257 g/mol. The van der Waals surface area contributed by atoms with Crippen LogP contribution in [0.2, 0.25) is 0 Å². The predicted octanol–water partition coefficient (Wildman–Crippen LogP) is 1.68. The Labute approximate surface area is 110 Å². The third-order valence-corrected chi connectivity index (χ3v) is 3.51. The molecular weight excluding hydrogens is 242 g/mol. The summed E-state index contributed by atoms with van der Waals surface area (Å²) in [7, 11) is 0. The zero-order valence-corrected chi connectivity index (χ0v) is 10.5. The maximum absolute atomic E-state index is 11.1. The van der Waals surface area contributed by atoms with E-state index in [4.69, 9.17) is 5.11 Å². The molecule has 0 radical (unpaired) electrons. The van der Waals surface area contributed by atoms with Crippen molar-refractivity contribution in [2.24, 2.45) is 0 Å². The molecule has 19 heavy (non-hydrogen) atoms. The molecule has 5 nitrogen and oxygen atoms in total. The number of benzene rings is 1.